The average Bonchev–Trinajstić information content (AvgIpc) is 3.25. The lowest BCUT2D eigenvalue weighted by Crippen LogP contribution is -2.67. The Balaban J connectivity index is 1.67. The van der Waals surface area contributed by atoms with Crippen LogP contribution in [0.3, 0.4) is 0 Å². The van der Waals surface area contributed by atoms with Crippen molar-refractivity contribution in [1.29, 1.82) is 0 Å². The van der Waals surface area contributed by atoms with Crippen LogP contribution in [-0.2, 0) is 15.6 Å². The maximum absolute atomic E-state index is 12.8. The number of sulfonamides is 1. The maximum Gasteiger partial charge on any atom is 0.511 e. The standard InChI is InChI=1S/C15H12F3N7O2S/c1-19-7-14(8-23(9-14)28(26,27)15(16,17)18)24-6-11(5-21-24)12-3-2-4-13-20-10-22-25(12)13/h2-6,10H,7-9H2. The Kier molecular flexibility index (Phi) is 3.95. The molecule has 3 aromatic heterocycles. The minimum atomic E-state index is -5.44. The monoisotopic (exact) mass is 411 g/mol. The van der Waals surface area contributed by atoms with E-state index in [1.807, 2.05) is 0 Å². The predicted octanol–water partition coefficient (Wildman–Crippen LogP) is 1.37. The molecule has 3 aromatic rings. The third-order valence-corrected chi connectivity index (χ3v) is 6.14. The van der Waals surface area contributed by atoms with E-state index in [9.17, 15) is 21.6 Å². The predicted molar refractivity (Wildman–Crippen MR) is 90.2 cm³/mol. The van der Waals surface area contributed by atoms with Gasteiger partial charge in [0.2, 0.25) is 6.54 Å². The van der Waals surface area contributed by atoms with E-state index in [0.29, 0.717) is 21.2 Å². The van der Waals surface area contributed by atoms with Crippen molar-refractivity contribution < 1.29 is 21.6 Å². The third-order valence-electron chi connectivity index (χ3n) is 4.61. The Labute approximate surface area is 156 Å². The summed E-state index contributed by atoms with van der Waals surface area (Å²) in [7, 11) is -5.44. The number of aromatic nitrogens is 5. The average molecular weight is 411 g/mol. The first kappa shape index (κ1) is 18.4. The van der Waals surface area contributed by atoms with Crippen LogP contribution in [0.25, 0.3) is 21.7 Å². The van der Waals surface area contributed by atoms with Crippen molar-refractivity contribution in [3.8, 4) is 11.3 Å². The van der Waals surface area contributed by atoms with Gasteiger partial charge in [-0.2, -0.15) is 27.7 Å². The molecule has 0 bridgehead atoms. The van der Waals surface area contributed by atoms with E-state index in [0.717, 1.165) is 0 Å². The first-order chi connectivity index (χ1) is 13.2. The first-order valence-electron chi connectivity index (χ1n) is 7.92. The zero-order chi connectivity index (χ0) is 20.2. The van der Waals surface area contributed by atoms with Crippen molar-refractivity contribution in [2.45, 2.75) is 11.0 Å². The Hall–Kier alpha value is -2.98. The minimum Gasteiger partial charge on any atom is -0.314 e. The van der Waals surface area contributed by atoms with E-state index < -0.39 is 34.2 Å². The fraction of sp³-hybridized carbons (Fsp3) is 0.333. The number of hydrogen-bond acceptors (Lipinski definition) is 5. The van der Waals surface area contributed by atoms with Gasteiger partial charge < -0.3 is 4.85 Å². The number of halogens is 3. The highest BCUT2D eigenvalue weighted by atomic mass is 32.2. The Morgan fingerprint density at radius 3 is 2.68 bits per heavy atom. The molecule has 0 unspecified atom stereocenters. The molecule has 4 rings (SSSR count). The lowest BCUT2D eigenvalue weighted by molar-refractivity contribution is -0.0558. The van der Waals surface area contributed by atoms with E-state index in [1.165, 1.54) is 17.2 Å². The van der Waals surface area contributed by atoms with Gasteiger partial charge in [-0.3, -0.25) is 4.68 Å². The van der Waals surface area contributed by atoms with Crippen molar-refractivity contribution in [2.24, 2.45) is 0 Å². The molecule has 1 saturated heterocycles. The SMILES string of the molecule is [C-]#[N+]CC1(n2cc(-c3cccc4ncnn34)cn2)CN(S(=O)(=O)C(F)(F)F)C1. The highest BCUT2D eigenvalue weighted by molar-refractivity contribution is 7.90. The van der Waals surface area contributed by atoms with Gasteiger partial charge in [-0.25, -0.2) is 24.5 Å². The van der Waals surface area contributed by atoms with E-state index in [2.05, 4.69) is 20.0 Å². The summed E-state index contributed by atoms with van der Waals surface area (Å²) < 4.78 is 64.7. The van der Waals surface area contributed by atoms with Crippen molar-refractivity contribution in [2.75, 3.05) is 19.6 Å². The lowest BCUT2D eigenvalue weighted by atomic mass is 9.92. The van der Waals surface area contributed by atoms with Gasteiger partial charge in [0.05, 0.1) is 11.9 Å². The number of rotatable bonds is 4. The van der Waals surface area contributed by atoms with Gasteiger partial charge in [0.25, 0.3) is 0 Å². The molecule has 1 aliphatic rings. The molecule has 0 spiro atoms. The second-order valence-corrected chi connectivity index (χ2v) is 8.30. The minimum absolute atomic E-state index is 0.203. The summed E-state index contributed by atoms with van der Waals surface area (Å²) in [6, 6.07) is 5.30. The number of fused-ring (bicyclic) bond motifs is 1. The molecule has 146 valence electrons. The highest BCUT2D eigenvalue weighted by Crippen LogP contribution is 2.38. The van der Waals surface area contributed by atoms with E-state index >= 15 is 0 Å². The molecule has 0 aromatic carbocycles. The van der Waals surface area contributed by atoms with Gasteiger partial charge in [-0.05, 0) is 12.1 Å². The summed E-state index contributed by atoms with van der Waals surface area (Å²) in [6.45, 7) is 5.96. The zero-order valence-electron chi connectivity index (χ0n) is 14.1. The van der Waals surface area contributed by atoms with Crippen LogP contribution in [0, 0.1) is 6.57 Å². The molecule has 0 radical (unpaired) electrons. The topological polar surface area (TPSA) is 89.8 Å². The van der Waals surface area contributed by atoms with Gasteiger partial charge in [-0.15, -0.1) is 0 Å². The molecule has 4 heterocycles. The number of alkyl halides is 3. The number of pyridine rings is 1. The lowest BCUT2D eigenvalue weighted by Gasteiger charge is -2.45. The van der Waals surface area contributed by atoms with Crippen molar-refractivity contribution >= 4 is 15.7 Å². The molecule has 28 heavy (non-hydrogen) atoms. The van der Waals surface area contributed by atoms with Crippen LogP contribution in [0.15, 0.2) is 36.9 Å². The molecule has 0 N–H and O–H groups in total. The van der Waals surface area contributed by atoms with Crippen LogP contribution >= 0.6 is 0 Å². The maximum atomic E-state index is 12.8. The van der Waals surface area contributed by atoms with Gasteiger partial charge >= 0.3 is 15.5 Å². The normalized spacial score (nSPS) is 17.4. The molecular formula is C15H12F3N7O2S. The summed E-state index contributed by atoms with van der Waals surface area (Å²) in [4.78, 5) is 7.35. The van der Waals surface area contributed by atoms with E-state index in [1.54, 1.807) is 28.9 Å². The van der Waals surface area contributed by atoms with Crippen LogP contribution in [0.5, 0.6) is 0 Å². The first-order valence-corrected chi connectivity index (χ1v) is 9.36. The largest absolute Gasteiger partial charge is 0.511 e. The second kappa shape index (κ2) is 6.01. The zero-order valence-corrected chi connectivity index (χ0v) is 14.9. The Morgan fingerprint density at radius 1 is 1.25 bits per heavy atom. The van der Waals surface area contributed by atoms with Crippen molar-refractivity contribution in [3.63, 3.8) is 0 Å². The molecule has 9 nitrogen and oxygen atoms in total. The Morgan fingerprint density at radius 2 is 2.00 bits per heavy atom. The molecular weight excluding hydrogens is 399 g/mol. The molecule has 0 atom stereocenters. The third kappa shape index (κ3) is 2.64. The summed E-state index contributed by atoms with van der Waals surface area (Å²) >= 11 is 0. The highest BCUT2D eigenvalue weighted by Gasteiger charge is 2.60. The van der Waals surface area contributed by atoms with Crippen LogP contribution < -0.4 is 0 Å². The number of nitrogens with zero attached hydrogens (tertiary/aromatic N) is 7. The van der Waals surface area contributed by atoms with E-state index in [-0.39, 0.29) is 6.54 Å². The Bertz CT molecular complexity index is 1190. The van der Waals surface area contributed by atoms with Crippen molar-refractivity contribution in [1.82, 2.24) is 28.7 Å². The van der Waals surface area contributed by atoms with Gasteiger partial charge in [0, 0.05) is 24.8 Å². The molecule has 0 saturated carbocycles. The fourth-order valence-electron chi connectivity index (χ4n) is 3.17. The smallest absolute Gasteiger partial charge is 0.314 e. The molecule has 0 aliphatic carbocycles. The second-order valence-electron chi connectivity index (χ2n) is 6.37. The quantitative estimate of drug-likeness (QED) is 0.605. The van der Waals surface area contributed by atoms with Crippen molar-refractivity contribution in [3.05, 3.63) is 48.3 Å². The molecule has 13 heteroatoms. The van der Waals surface area contributed by atoms with Gasteiger partial charge in [0.15, 0.2) is 11.2 Å². The summed E-state index contributed by atoms with van der Waals surface area (Å²) in [6.07, 6.45) is 4.44. The summed E-state index contributed by atoms with van der Waals surface area (Å²) in [5, 5.41) is 8.30. The molecule has 1 aliphatic heterocycles. The molecule has 0 amide bonds. The van der Waals surface area contributed by atoms with Crippen LogP contribution in [0.4, 0.5) is 13.2 Å². The fourth-order valence-corrected chi connectivity index (χ4v) is 4.28. The van der Waals surface area contributed by atoms with Gasteiger partial charge in [0.1, 0.15) is 6.33 Å². The van der Waals surface area contributed by atoms with Crippen LogP contribution in [0.2, 0.25) is 0 Å². The number of hydrogen-bond donors (Lipinski definition) is 0. The summed E-state index contributed by atoms with van der Waals surface area (Å²) in [5.74, 6) is 0. The van der Waals surface area contributed by atoms with Crippen LogP contribution in [-0.4, -0.2) is 62.2 Å². The van der Waals surface area contributed by atoms with Crippen LogP contribution in [0.1, 0.15) is 0 Å². The summed E-state index contributed by atoms with van der Waals surface area (Å²) in [5.41, 5.74) is -4.67. The van der Waals surface area contributed by atoms with Gasteiger partial charge in [-0.1, -0.05) is 6.07 Å². The van der Waals surface area contributed by atoms with E-state index in [4.69, 9.17) is 6.57 Å². The molecule has 1 fully saturated rings.